The van der Waals surface area contributed by atoms with Gasteiger partial charge in [-0.25, -0.2) is 0 Å². The van der Waals surface area contributed by atoms with Gasteiger partial charge in [0.1, 0.15) is 0 Å². The smallest absolute Gasteiger partial charge is 0.0706 e. The van der Waals surface area contributed by atoms with Crippen LogP contribution in [-0.4, -0.2) is 7.28 Å². The first-order valence-electron chi connectivity index (χ1n) is 25.7. The zero-order valence-electron chi connectivity index (χ0n) is 41.0. The summed E-state index contributed by atoms with van der Waals surface area (Å²) in [6.45, 7) is 41.0. The Labute approximate surface area is 356 Å². The highest BCUT2D eigenvalue weighted by Crippen LogP contribution is 2.64. The molecule has 0 amide bonds. The fourth-order valence-corrected chi connectivity index (χ4v) is 16.4. The standard InChI is InChI=1S/C56H91B/c1-17-49(18-2)35-53(25-9,26-10)43-39(49)33-40-44(54(27-11,28-12)36-50(40,19-3)20-4)47(43)57-48-45-41(51(21-5,22-6)37-55(45,29-13)30-14)34-42-46(48)56(31-15,32-16)38-52(42,23-7)24-8/h33-34,57H,17-32,35-38H2,1-16H3. The molecule has 0 aliphatic heterocycles. The van der Waals surface area contributed by atoms with E-state index in [4.69, 9.17) is 0 Å². The van der Waals surface area contributed by atoms with Gasteiger partial charge in [-0.2, -0.15) is 0 Å². The van der Waals surface area contributed by atoms with Gasteiger partial charge in [0.2, 0.25) is 0 Å². The van der Waals surface area contributed by atoms with Crippen LogP contribution in [0.25, 0.3) is 0 Å². The molecule has 0 aromatic heterocycles. The van der Waals surface area contributed by atoms with Gasteiger partial charge >= 0.3 is 0 Å². The van der Waals surface area contributed by atoms with E-state index in [1.165, 1.54) is 136 Å². The van der Waals surface area contributed by atoms with Gasteiger partial charge in [-0.3, -0.25) is 0 Å². The average molecular weight is 775 g/mol. The van der Waals surface area contributed by atoms with Crippen LogP contribution in [0.5, 0.6) is 0 Å². The normalized spacial score (nSPS) is 22.9. The van der Waals surface area contributed by atoms with Crippen molar-refractivity contribution in [1.82, 2.24) is 0 Å². The molecular weight excluding hydrogens is 683 g/mol. The maximum atomic E-state index is 2.94. The fourth-order valence-electron chi connectivity index (χ4n) is 16.4. The van der Waals surface area contributed by atoms with E-state index in [0.29, 0.717) is 0 Å². The minimum absolute atomic E-state index is 0.246. The number of hydrogen-bond donors (Lipinski definition) is 0. The van der Waals surface area contributed by atoms with Crippen LogP contribution in [0.1, 0.15) is 284 Å². The van der Waals surface area contributed by atoms with Gasteiger partial charge in [-0.15, -0.1) is 0 Å². The first kappa shape index (κ1) is 45.0. The van der Waals surface area contributed by atoms with Gasteiger partial charge < -0.3 is 0 Å². The van der Waals surface area contributed by atoms with E-state index in [0.717, 1.165) is 0 Å². The van der Waals surface area contributed by atoms with Crippen molar-refractivity contribution in [3.05, 3.63) is 56.6 Å². The van der Waals surface area contributed by atoms with Crippen molar-refractivity contribution in [2.24, 2.45) is 0 Å². The molecule has 0 nitrogen and oxygen atoms in total. The number of hydrogen-bond acceptors (Lipinski definition) is 0. The van der Waals surface area contributed by atoms with Crippen molar-refractivity contribution in [3.63, 3.8) is 0 Å². The maximum Gasteiger partial charge on any atom is 0.193 e. The molecule has 0 fully saturated rings. The Kier molecular flexibility index (Phi) is 12.5. The Morgan fingerprint density at radius 2 is 0.439 bits per heavy atom. The van der Waals surface area contributed by atoms with E-state index in [-0.39, 0.29) is 43.3 Å². The third-order valence-corrected chi connectivity index (χ3v) is 21.2. The summed E-state index contributed by atoms with van der Waals surface area (Å²) in [5, 5.41) is 0. The summed E-state index contributed by atoms with van der Waals surface area (Å²) in [5.41, 5.74) is 20.6. The molecule has 0 saturated carbocycles. The molecule has 318 valence electrons. The summed E-state index contributed by atoms with van der Waals surface area (Å²) in [7, 11) is 1.17. The summed E-state index contributed by atoms with van der Waals surface area (Å²) in [5.74, 6) is 0. The van der Waals surface area contributed by atoms with Gasteiger partial charge in [-0.1, -0.05) is 134 Å². The van der Waals surface area contributed by atoms with Crippen LogP contribution in [0.3, 0.4) is 0 Å². The molecule has 0 spiro atoms. The zero-order chi connectivity index (χ0) is 42.0. The summed E-state index contributed by atoms with van der Waals surface area (Å²) in [4.78, 5) is 0. The van der Waals surface area contributed by atoms with Crippen LogP contribution in [0.4, 0.5) is 0 Å². The number of rotatable bonds is 18. The van der Waals surface area contributed by atoms with Crippen molar-refractivity contribution in [2.75, 3.05) is 0 Å². The van der Waals surface area contributed by atoms with E-state index in [1.807, 2.05) is 55.4 Å². The van der Waals surface area contributed by atoms with Crippen LogP contribution >= 0.6 is 0 Å². The monoisotopic (exact) mass is 775 g/mol. The lowest BCUT2D eigenvalue weighted by molar-refractivity contribution is 0.278. The first-order chi connectivity index (χ1) is 27.2. The van der Waals surface area contributed by atoms with Crippen molar-refractivity contribution < 1.29 is 0 Å². The summed E-state index contributed by atoms with van der Waals surface area (Å²) in [6, 6.07) is 5.88. The van der Waals surface area contributed by atoms with Crippen LogP contribution in [0.2, 0.25) is 0 Å². The largest absolute Gasteiger partial charge is 0.193 e. The SMILES string of the molecule is CCC1(CC)CC(CC)(CC)c2c1cc1c(c2Bc2c3c(cc4c2C(CC)(CC)CC4(CC)CC)C(CC)(CC)CC3(CC)CC)C(CC)(CC)CC1(CC)CC. The van der Waals surface area contributed by atoms with Crippen LogP contribution in [0.15, 0.2) is 12.1 Å². The summed E-state index contributed by atoms with van der Waals surface area (Å²) < 4.78 is 0. The highest BCUT2D eigenvalue weighted by atomic mass is 14.6. The third-order valence-electron chi connectivity index (χ3n) is 21.2. The second kappa shape index (κ2) is 15.8. The Morgan fingerprint density at radius 3 is 0.579 bits per heavy atom. The van der Waals surface area contributed by atoms with Gasteiger partial charge in [0.15, 0.2) is 7.28 Å². The van der Waals surface area contributed by atoms with Gasteiger partial charge in [0.05, 0.1) is 0 Å². The number of fused-ring (bicyclic) bond motifs is 4. The summed E-state index contributed by atoms with van der Waals surface area (Å²) in [6.07, 6.45) is 25.6. The fraction of sp³-hybridized carbons (Fsp3) is 0.786. The quantitative estimate of drug-likeness (QED) is 0.132. The molecule has 0 radical (unpaired) electrons. The first-order valence-corrected chi connectivity index (χ1v) is 25.7. The molecule has 0 bridgehead atoms. The molecule has 0 heterocycles. The van der Waals surface area contributed by atoms with E-state index < -0.39 is 0 Å². The highest BCUT2D eigenvalue weighted by molar-refractivity contribution is 6.69. The molecule has 6 rings (SSSR count). The van der Waals surface area contributed by atoms with Crippen LogP contribution in [-0.2, 0) is 43.3 Å². The maximum absolute atomic E-state index is 2.94. The van der Waals surface area contributed by atoms with Crippen molar-refractivity contribution in [3.8, 4) is 0 Å². The molecule has 57 heavy (non-hydrogen) atoms. The van der Waals surface area contributed by atoms with E-state index in [9.17, 15) is 0 Å². The molecule has 2 aromatic carbocycles. The Hall–Kier alpha value is -1.50. The molecule has 2 aromatic rings. The molecule has 0 unspecified atom stereocenters. The van der Waals surface area contributed by atoms with Crippen LogP contribution < -0.4 is 10.9 Å². The van der Waals surface area contributed by atoms with Gasteiger partial charge in [-0.05, 0) is 216 Å². The molecule has 4 aliphatic carbocycles. The van der Waals surface area contributed by atoms with E-state index in [1.54, 1.807) is 0 Å². The van der Waals surface area contributed by atoms with Crippen molar-refractivity contribution >= 4 is 18.2 Å². The van der Waals surface area contributed by atoms with Gasteiger partial charge in [0, 0.05) is 0 Å². The van der Waals surface area contributed by atoms with Crippen molar-refractivity contribution in [2.45, 2.75) is 283 Å². The molecule has 0 saturated heterocycles. The highest BCUT2D eigenvalue weighted by Gasteiger charge is 2.59. The molecule has 0 atom stereocenters. The number of benzene rings is 2. The van der Waals surface area contributed by atoms with E-state index >= 15 is 0 Å². The second-order valence-corrected chi connectivity index (χ2v) is 21.2. The minimum Gasteiger partial charge on any atom is -0.0706 e. The minimum atomic E-state index is 0.246. The predicted molar refractivity (Wildman–Crippen MR) is 256 cm³/mol. The Bertz CT molecular complexity index is 1500. The topological polar surface area (TPSA) is 0 Å². The summed E-state index contributed by atoms with van der Waals surface area (Å²) >= 11 is 0. The third kappa shape index (κ3) is 5.69. The lowest BCUT2D eigenvalue weighted by Gasteiger charge is -2.38. The lowest BCUT2D eigenvalue weighted by atomic mass is 9.49. The van der Waals surface area contributed by atoms with Crippen LogP contribution in [0, 0.1) is 0 Å². The molecule has 4 aliphatic rings. The Balaban J connectivity index is 1.92. The second-order valence-electron chi connectivity index (χ2n) is 21.2. The lowest BCUT2D eigenvalue weighted by Crippen LogP contribution is -2.47. The van der Waals surface area contributed by atoms with Crippen molar-refractivity contribution in [1.29, 1.82) is 0 Å². The molecule has 1 heteroatoms. The van der Waals surface area contributed by atoms with Gasteiger partial charge in [0.25, 0.3) is 0 Å². The van der Waals surface area contributed by atoms with E-state index in [2.05, 4.69) is 123 Å². The molecule has 0 N–H and O–H groups in total. The molecular formula is C56H91B. The Morgan fingerprint density at radius 1 is 0.281 bits per heavy atom. The zero-order valence-corrected chi connectivity index (χ0v) is 41.0. The predicted octanol–water partition coefficient (Wildman–Crippen LogP) is 15.2. The average Bonchev–Trinajstić information content (AvgIpc) is 3.94.